The third kappa shape index (κ3) is 14.3. The Morgan fingerprint density at radius 2 is 1.00 bits per heavy atom. The number of halogens is 2. The molecule has 0 amide bonds. The Kier molecular flexibility index (Phi) is 35.2. The van der Waals surface area contributed by atoms with E-state index in [4.69, 9.17) is 0 Å². The molecular formula is C12H22F2N2O10Zn+4. The van der Waals surface area contributed by atoms with Crippen molar-refractivity contribution in [2.45, 2.75) is 0 Å². The van der Waals surface area contributed by atoms with Crippen LogP contribution in [0.4, 0.5) is 8.78 Å². The van der Waals surface area contributed by atoms with Crippen molar-refractivity contribution in [3.05, 3.63) is 59.7 Å². The van der Waals surface area contributed by atoms with Gasteiger partial charge in [-0.3, -0.25) is 9.97 Å². The molecule has 0 unspecified atom stereocenters. The molecule has 0 aliphatic heterocycles. The van der Waals surface area contributed by atoms with E-state index in [1.807, 2.05) is 0 Å². The van der Waals surface area contributed by atoms with E-state index in [0.717, 1.165) is 24.5 Å². The predicted molar refractivity (Wildman–Crippen MR) is 83.8 cm³/mol. The Hall–Kier alpha value is -2.52. The molecule has 27 heavy (non-hydrogen) atoms. The minimum Gasteiger partial charge on any atom is -0.545 e. The molecule has 0 aliphatic carbocycles. The number of aromatic carboxylic acids is 2. The van der Waals surface area contributed by atoms with Gasteiger partial charge in [-0.2, -0.15) is 0 Å². The molecule has 152 valence electrons. The zero-order valence-electron chi connectivity index (χ0n) is 13.8. The molecule has 0 saturated carbocycles. The van der Waals surface area contributed by atoms with E-state index in [9.17, 15) is 28.6 Å². The Bertz CT molecular complexity index is 596. The number of aromatic nitrogens is 2. The van der Waals surface area contributed by atoms with Crippen LogP contribution in [-0.2, 0) is 41.4 Å². The van der Waals surface area contributed by atoms with Crippen LogP contribution in [0.3, 0.4) is 0 Å². The summed E-state index contributed by atoms with van der Waals surface area (Å²) >= 11 is 0. The molecule has 0 aliphatic rings. The fraction of sp³-hybridized carbons (Fsp3) is 0. The number of carbonyl (C=O) groups excluding carboxylic acids is 2. The second kappa shape index (κ2) is 21.5. The van der Waals surface area contributed by atoms with Crippen molar-refractivity contribution in [1.29, 1.82) is 0 Å². The van der Waals surface area contributed by atoms with E-state index >= 15 is 0 Å². The monoisotopic (exact) mass is 456 g/mol. The van der Waals surface area contributed by atoms with Gasteiger partial charge in [-0.1, -0.05) is 0 Å². The summed E-state index contributed by atoms with van der Waals surface area (Å²) in [5.74, 6) is -4.80. The maximum absolute atomic E-state index is 12.4. The van der Waals surface area contributed by atoms with Crippen molar-refractivity contribution in [1.82, 2.24) is 9.97 Å². The zero-order valence-corrected chi connectivity index (χ0v) is 16.7. The SMILES string of the molecule is O.O.O=C([O-])c1ccncc1F.O=C([O-])c1ccncc1F.[OH3+].[OH3+].[OH3+].[OH3+].[Zn+2]. The molecule has 2 rings (SSSR count). The Morgan fingerprint density at radius 1 is 0.741 bits per heavy atom. The van der Waals surface area contributed by atoms with Gasteiger partial charge >= 0.3 is 19.5 Å². The maximum atomic E-state index is 12.4. The normalized spacial score (nSPS) is 6.89. The molecule has 0 saturated heterocycles. The number of carboxylic acids is 2. The first-order valence-electron chi connectivity index (χ1n) is 5.05. The molecule has 0 bridgehead atoms. The first-order valence-corrected chi connectivity index (χ1v) is 5.05. The minimum atomic E-state index is -1.53. The summed E-state index contributed by atoms with van der Waals surface area (Å²) in [5.41, 5.74) is -0.926. The van der Waals surface area contributed by atoms with E-state index < -0.39 is 34.7 Å². The average molecular weight is 458 g/mol. The first-order chi connectivity index (χ1) is 9.43. The molecule has 2 aromatic heterocycles. The first kappa shape index (κ1) is 44.2. The van der Waals surface area contributed by atoms with Gasteiger partial charge in [-0.05, 0) is 12.1 Å². The van der Waals surface area contributed by atoms with Crippen LogP contribution in [0.5, 0.6) is 0 Å². The second-order valence-electron chi connectivity index (χ2n) is 3.29. The number of hydrogen-bond acceptors (Lipinski definition) is 6. The van der Waals surface area contributed by atoms with Crippen LogP contribution >= 0.6 is 0 Å². The molecule has 2 aromatic rings. The zero-order chi connectivity index (χ0) is 15.1. The molecule has 0 spiro atoms. The van der Waals surface area contributed by atoms with Crippen LogP contribution in [0.1, 0.15) is 20.7 Å². The molecule has 15 heteroatoms. The third-order valence-corrected chi connectivity index (χ3v) is 1.98. The quantitative estimate of drug-likeness (QED) is 0.311. The van der Waals surface area contributed by atoms with Crippen molar-refractivity contribution in [3.8, 4) is 0 Å². The third-order valence-electron chi connectivity index (χ3n) is 1.98. The topological polar surface area (TPSA) is 301 Å². The summed E-state index contributed by atoms with van der Waals surface area (Å²) in [4.78, 5) is 26.8. The van der Waals surface area contributed by atoms with Gasteiger partial charge in [0, 0.05) is 23.5 Å². The van der Waals surface area contributed by atoms with Crippen LogP contribution in [0.25, 0.3) is 0 Å². The van der Waals surface area contributed by atoms with E-state index in [1.165, 1.54) is 12.4 Å². The van der Waals surface area contributed by atoms with Crippen LogP contribution in [0, 0.1) is 11.6 Å². The van der Waals surface area contributed by atoms with Gasteiger partial charge in [-0.15, -0.1) is 0 Å². The molecule has 12 nitrogen and oxygen atoms in total. The van der Waals surface area contributed by atoms with Gasteiger partial charge in [0.25, 0.3) is 0 Å². The van der Waals surface area contributed by atoms with Gasteiger partial charge in [0.1, 0.15) is 0 Å². The van der Waals surface area contributed by atoms with Gasteiger partial charge in [-0.25, -0.2) is 8.78 Å². The Morgan fingerprint density at radius 3 is 1.15 bits per heavy atom. The van der Waals surface area contributed by atoms with Crippen LogP contribution in [0.2, 0.25) is 0 Å². The van der Waals surface area contributed by atoms with Crippen LogP contribution < -0.4 is 10.2 Å². The van der Waals surface area contributed by atoms with Crippen LogP contribution in [0.15, 0.2) is 36.9 Å². The molecule has 0 fully saturated rings. The number of rotatable bonds is 2. The van der Waals surface area contributed by atoms with E-state index in [0.29, 0.717) is 0 Å². The number of nitrogens with zero attached hydrogens (tertiary/aromatic N) is 2. The van der Waals surface area contributed by atoms with Crippen LogP contribution in [-0.4, -0.2) is 32.9 Å². The maximum Gasteiger partial charge on any atom is 2.00 e. The van der Waals surface area contributed by atoms with Gasteiger partial charge < -0.3 is 52.7 Å². The van der Waals surface area contributed by atoms with E-state index in [-0.39, 0.29) is 52.3 Å². The van der Waals surface area contributed by atoms with Crippen molar-refractivity contribution in [2.75, 3.05) is 0 Å². The number of pyridine rings is 2. The van der Waals surface area contributed by atoms with E-state index in [1.54, 1.807) is 0 Å². The smallest absolute Gasteiger partial charge is 0.545 e. The average Bonchev–Trinajstić information content (AvgIpc) is 2.40. The summed E-state index contributed by atoms with van der Waals surface area (Å²) < 4.78 is 24.7. The largest absolute Gasteiger partial charge is 2.00 e. The van der Waals surface area contributed by atoms with E-state index in [2.05, 4.69) is 9.97 Å². The number of hydrogen-bond donors (Lipinski definition) is 0. The Labute approximate surface area is 163 Å². The molecule has 0 atom stereocenters. The number of carbonyl (C=O) groups is 2. The van der Waals surface area contributed by atoms with Crippen molar-refractivity contribution in [2.24, 2.45) is 0 Å². The van der Waals surface area contributed by atoms with Gasteiger partial charge in [0.05, 0.1) is 24.3 Å². The summed E-state index contributed by atoms with van der Waals surface area (Å²) in [6.45, 7) is 0. The Balaban J connectivity index is -0.0000000471. The summed E-state index contributed by atoms with van der Waals surface area (Å²) in [5, 5.41) is 20.1. The number of carboxylic acid groups (broad SMARTS) is 2. The molecule has 2 heterocycles. The van der Waals surface area contributed by atoms with Crippen molar-refractivity contribution in [3.63, 3.8) is 0 Å². The molecular weight excluding hydrogens is 436 g/mol. The fourth-order valence-electron chi connectivity index (χ4n) is 1.08. The van der Waals surface area contributed by atoms with Gasteiger partial charge in [0.2, 0.25) is 0 Å². The predicted octanol–water partition coefficient (Wildman–Crippen LogP) is -6.17. The standard InChI is InChI=1S/2C6H4FNO2.6H2O.Zn/c2*7-5-3-8-2-1-4(5)6(9)10;;;;;;;/h2*1-3H,(H,9,10);6*1H2;/q;;;;;;;;+2/p+2. The molecule has 0 aromatic carbocycles. The van der Waals surface area contributed by atoms with Crippen molar-refractivity contribution < 1.29 is 80.9 Å². The summed E-state index contributed by atoms with van der Waals surface area (Å²) in [7, 11) is 0. The summed E-state index contributed by atoms with van der Waals surface area (Å²) in [6.07, 6.45) is 4.03. The minimum absolute atomic E-state index is 0. The second-order valence-corrected chi connectivity index (χ2v) is 3.29. The molecule has 16 N–H and O–H groups in total. The van der Waals surface area contributed by atoms with Crippen molar-refractivity contribution >= 4 is 11.9 Å². The molecule has 0 radical (unpaired) electrons. The summed E-state index contributed by atoms with van der Waals surface area (Å²) in [6, 6.07) is 2.09. The fourth-order valence-corrected chi connectivity index (χ4v) is 1.08. The van der Waals surface area contributed by atoms with Gasteiger partial charge in [0.15, 0.2) is 11.6 Å².